The van der Waals surface area contributed by atoms with Gasteiger partial charge in [-0.1, -0.05) is 5.92 Å². The van der Waals surface area contributed by atoms with Gasteiger partial charge in [-0.3, -0.25) is 0 Å². The van der Waals surface area contributed by atoms with Gasteiger partial charge in [0.15, 0.2) is 0 Å². The average Bonchev–Trinajstić information content (AvgIpc) is 2.15. The highest BCUT2D eigenvalue weighted by Gasteiger charge is 1.99. The predicted molar refractivity (Wildman–Crippen MR) is 58.0 cm³/mol. The highest BCUT2D eigenvalue weighted by atomic mass is 79.9. The van der Waals surface area contributed by atoms with E-state index in [0.717, 1.165) is 15.9 Å². The first-order valence-electron chi connectivity index (χ1n) is 3.79. The zero-order chi connectivity index (χ0) is 9.68. The van der Waals surface area contributed by atoms with Crippen molar-refractivity contribution in [2.24, 2.45) is 0 Å². The van der Waals surface area contributed by atoms with Gasteiger partial charge in [0.05, 0.1) is 18.1 Å². The first-order chi connectivity index (χ1) is 6.27. The van der Waals surface area contributed by atoms with E-state index in [4.69, 9.17) is 11.2 Å². The van der Waals surface area contributed by atoms with Crippen molar-refractivity contribution >= 4 is 21.6 Å². The Balaban J connectivity index is 2.78. The third-order valence-corrected chi connectivity index (χ3v) is 2.17. The Kier molecular flexibility index (Phi) is 3.66. The lowest BCUT2D eigenvalue weighted by Gasteiger charge is -2.06. The van der Waals surface area contributed by atoms with E-state index in [2.05, 4.69) is 27.2 Å². The number of terminal acetylenes is 1. The second kappa shape index (κ2) is 4.78. The van der Waals surface area contributed by atoms with Crippen molar-refractivity contribution < 1.29 is 4.74 Å². The van der Waals surface area contributed by atoms with Gasteiger partial charge in [0, 0.05) is 5.69 Å². The van der Waals surface area contributed by atoms with E-state index >= 15 is 0 Å². The molecule has 0 spiro atoms. The molecule has 0 saturated carbocycles. The molecule has 0 aromatic heterocycles. The summed E-state index contributed by atoms with van der Waals surface area (Å²) < 4.78 is 6.00. The molecule has 2 nitrogen and oxygen atoms in total. The van der Waals surface area contributed by atoms with Gasteiger partial charge in [-0.2, -0.15) is 0 Å². The topological polar surface area (TPSA) is 21.3 Å². The molecule has 0 amide bonds. The van der Waals surface area contributed by atoms with Gasteiger partial charge >= 0.3 is 0 Å². The standard InChI is InChI=1S/C10H10BrNO/c1-3-6-12-8-4-5-10(13-2)9(11)7-8/h1,4-5,7,12H,6H2,2H3. The second-order valence-electron chi connectivity index (χ2n) is 2.41. The smallest absolute Gasteiger partial charge is 0.133 e. The van der Waals surface area contributed by atoms with E-state index in [-0.39, 0.29) is 0 Å². The van der Waals surface area contributed by atoms with Crippen molar-refractivity contribution in [1.29, 1.82) is 0 Å². The fourth-order valence-corrected chi connectivity index (χ4v) is 1.47. The van der Waals surface area contributed by atoms with Gasteiger partial charge in [-0.25, -0.2) is 0 Å². The maximum atomic E-state index is 5.12. The minimum atomic E-state index is 0.527. The van der Waals surface area contributed by atoms with Gasteiger partial charge in [-0.15, -0.1) is 6.42 Å². The minimum absolute atomic E-state index is 0.527. The number of anilines is 1. The Labute approximate surface area is 86.4 Å². The Morgan fingerprint density at radius 3 is 2.92 bits per heavy atom. The van der Waals surface area contributed by atoms with Crippen molar-refractivity contribution in [3.63, 3.8) is 0 Å². The summed E-state index contributed by atoms with van der Waals surface area (Å²) in [4.78, 5) is 0. The van der Waals surface area contributed by atoms with Crippen LogP contribution in [0.5, 0.6) is 5.75 Å². The summed E-state index contributed by atoms with van der Waals surface area (Å²) >= 11 is 3.38. The van der Waals surface area contributed by atoms with Gasteiger partial charge in [-0.05, 0) is 34.1 Å². The zero-order valence-corrected chi connectivity index (χ0v) is 8.89. The lowest BCUT2D eigenvalue weighted by atomic mass is 10.3. The summed E-state index contributed by atoms with van der Waals surface area (Å²) in [5.41, 5.74) is 0.977. The summed E-state index contributed by atoms with van der Waals surface area (Å²) in [6, 6.07) is 5.72. The average molecular weight is 240 g/mol. The third-order valence-electron chi connectivity index (χ3n) is 1.55. The summed E-state index contributed by atoms with van der Waals surface area (Å²) in [6.07, 6.45) is 5.12. The van der Waals surface area contributed by atoms with E-state index in [1.807, 2.05) is 18.2 Å². The molecule has 1 rings (SSSR count). The number of rotatable bonds is 3. The van der Waals surface area contributed by atoms with E-state index in [0.29, 0.717) is 6.54 Å². The van der Waals surface area contributed by atoms with E-state index in [9.17, 15) is 0 Å². The fraction of sp³-hybridized carbons (Fsp3) is 0.200. The van der Waals surface area contributed by atoms with E-state index in [1.165, 1.54) is 0 Å². The molecular formula is C10H10BrNO. The quantitative estimate of drug-likeness (QED) is 0.819. The van der Waals surface area contributed by atoms with Crippen LogP contribution in [0.3, 0.4) is 0 Å². The number of benzene rings is 1. The van der Waals surface area contributed by atoms with Crippen LogP contribution in [0.4, 0.5) is 5.69 Å². The Bertz CT molecular complexity index is 330. The van der Waals surface area contributed by atoms with Crippen LogP contribution >= 0.6 is 15.9 Å². The van der Waals surface area contributed by atoms with Crippen LogP contribution in [0, 0.1) is 12.3 Å². The predicted octanol–water partition coefficient (Wildman–Crippen LogP) is 2.50. The zero-order valence-electron chi connectivity index (χ0n) is 7.30. The molecule has 0 unspecified atom stereocenters. The molecule has 0 bridgehead atoms. The van der Waals surface area contributed by atoms with Crippen LogP contribution in [0.25, 0.3) is 0 Å². The van der Waals surface area contributed by atoms with Gasteiger partial charge < -0.3 is 10.1 Å². The fourth-order valence-electron chi connectivity index (χ4n) is 0.929. The Morgan fingerprint density at radius 2 is 2.38 bits per heavy atom. The van der Waals surface area contributed by atoms with Gasteiger partial charge in [0.1, 0.15) is 5.75 Å². The normalized spacial score (nSPS) is 9.00. The summed E-state index contributed by atoms with van der Waals surface area (Å²) in [6.45, 7) is 0.527. The molecule has 0 radical (unpaired) electrons. The van der Waals surface area contributed by atoms with Crippen molar-refractivity contribution in [2.45, 2.75) is 0 Å². The molecule has 0 aliphatic rings. The van der Waals surface area contributed by atoms with Crippen molar-refractivity contribution in [3.05, 3.63) is 22.7 Å². The molecule has 0 fully saturated rings. The van der Waals surface area contributed by atoms with Crippen LogP contribution in [0.1, 0.15) is 0 Å². The molecule has 0 aliphatic carbocycles. The lowest BCUT2D eigenvalue weighted by Crippen LogP contribution is -1.98. The Morgan fingerprint density at radius 1 is 1.62 bits per heavy atom. The highest BCUT2D eigenvalue weighted by Crippen LogP contribution is 2.27. The summed E-state index contributed by atoms with van der Waals surface area (Å²) in [5.74, 6) is 3.32. The maximum Gasteiger partial charge on any atom is 0.133 e. The van der Waals surface area contributed by atoms with Crippen LogP contribution in [-0.4, -0.2) is 13.7 Å². The molecule has 1 N–H and O–H groups in total. The minimum Gasteiger partial charge on any atom is -0.496 e. The van der Waals surface area contributed by atoms with Crippen molar-refractivity contribution in [2.75, 3.05) is 19.0 Å². The number of ether oxygens (including phenoxy) is 1. The summed E-state index contributed by atoms with van der Waals surface area (Å²) in [7, 11) is 1.63. The summed E-state index contributed by atoms with van der Waals surface area (Å²) in [5, 5.41) is 3.06. The molecule has 68 valence electrons. The molecule has 1 aromatic carbocycles. The molecular weight excluding hydrogens is 230 g/mol. The Hall–Kier alpha value is -1.14. The number of methoxy groups -OCH3 is 1. The number of hydrogen-bond acceptors (Lipinski definition) is 2. The van der Waals surface area contributed by atoms with Crippen LogP contribution < -0.4 is 10.1 Å². The van der Waals surface area contributed by atoms with Crippen LogP contribution in [0.15, 0.2) is 22.7 Å². The first kappa shape index (κ1) is 9.94. The SMILES string of the molecule is C#CCNc1ccc(OC)c(Br)c1. The molecule has 0 aliphatic heterocycles. The van der Waals surface area contributed by atoms with Crippen LogP contribution in [0.2, 0.25) is 0 Å². The first-order valence-corrected chi connectivity index (χ1v) is 4.58. The molecule has 1 aromatic rings. The third kappa shape index (κ3) is 2.67. The van der Waals surface area contributed by atoms with Crippen molar-refractivity contribution in [1.82, 2.24) is 0 Å². The molecule has 0 saturated heterocycles. The largest absolute Gasteiger partial charge is 0.496 e. The monoisotopic (exact) mass is 239 g/mol. The molecule has 0 heterocycles. The number of halogens is 1. The van der Waals surface area contributed by atoms with Crippen LogP contribution in [-0.2, 0) is 0 Å². The van der Waals surface area contributed by atoms with E-state index in [1.54, 1.807) is 7.11 Å². The van der Waals surface area contributed by atoms with Crippen molar-refractivity contribution in [3.8, 4) is 18.1 Å². The molecule has 3 heteroatoms. The lowest BCUT2D eigenvalue weighted by molar-refractivity contribution is 0.412. The highest BCUT2D eigenvalue weighted by molar-refractivity contribution is 9.10. The number of hydrogen-bond donors (Lipinski definition) is 1. The van der Waals surface area contributed by atoms with E-state index < -0.39 is 0 Å². The number of nitrogens with one attached hydrogen (secondary N) is 1. The molecule has 13 heavy (non-hydrogen) atoms. The van der Waals surface area contributed by atoms with Gasteiger partial charge in [0.25, 0.3) is 0 Å². The molecule has 0 atom stereocenters. The second-order valence-corrected chi connectivity index (χ2v) is 3.26. The maximum absolute atomic E-state index is 5.12. The van der Waals surface area contributed by atoms with Gasteiger partial charge in [0.2, 0.25) is 0 Å².